The summed E-state index contributed by atoms with van der Waals surface area (Å²) in [6, 6.07) is 15.8. The monoisotopic (exact) mass is 613 g/mol. The minimum absolute atomic E-state index is 0.115. The first-order chi connectivity index (χ1) is 20.6. The number of hydrogen-bond donors (Lipinski definition) is 1. The van der Waals surface area contributed by atoms with Crippen molar-refractivity contribution in [1.29, 1.82) is 5.26 Å². The normalized spacial score (nSPS) is 18.6. The van der Waals surface area contributed by atoms with Gasteiger partial charge in [0.2, 0.25) is 5.91 Å². The second kappa shape index (κ2) is 13.2. The number of nitrogens with zero attached hydrogens (tertiary/aromatic N) is 4. The van der Waals surface area contributed by atoms with Crippen LogP contribution in [0.3, 0.4) is 0 Å². The van der Waals surface area contributed by atoms with Gasteiger partial charge in [-0.1, -0.05) is 37.5 Å². The SMILES string of the molecule is N#CC1(NC(=O)C2CCCCC2)CC1.O=S1CCN(c2ccc(-c3cnn(-c4cccc(OC(F)(F)F)c4)c3)cc2)CC1. The van der Waals surface area contributed by atoms with Crippen LogP contribution in [0.15, 0.2) is 60.9 Å². The molecule has 2 saturated carbocycles. The highest BCUT2D eigenvalue weighted by atomic mass is 32.2. The highest BCUT2D eigenvalue weighted by molar-refractivity contribution is 7.85. The van der Waals surface area contributed by atoms with Gasteiger partial charge >= 0.3 is 6.36 Å². The molecule has 43 heavy (non-hydrogen) atoms. The van der Waals surface area contributed by atoms with Crippen molar-refractivity contribution in [1.82, 2.24) is 15.1 Å². The van der Waals surface area contributed by atoms with Crippen molar-refractivity contribution >= 4 is 22.4 Å². The number of nitriles is 1. The van der Waals surface area contributed by atoms with Crippen LogP contribution < -0.4 is 15.0 Å². The summed E-state index contributed by atoms with van der Waals surface area (Å²) >= 11 is 0. The van der Waals surface area contributed by atoms with Gasteiger partial charge in [-0.25, -0.2) is 4.68 Å². The lowest BCUT2D eigenvalue weighted by Gasteiger charge is -2.28. The molecule has 1 aliphatic heterocycles. The number of aromatic nitrogens is 2. The molecule has 2 aromatic carbocycles. The Balaban J connectivity index is 0.000000220. The van der Waals surface area contributed by atoms with E-state index in [0.717, 1.165) is 68.4 Å². The van der Waals surface area contributed by atoms with Crippen LogP contribution in [0.1, 0.15) is 44.9 Å². The number of amides is 1. The van der Waals surface area contributed by atoms with E-state index in [0.29, 0.717) is 17.2 Å². The van der Waals surface area contributed by atoms with Gasteiger partial charge in [-0.15, -0.1) is 13.2 Å². The summed E-state index contributed by atoms with van der Waals surface area (Å²) in [6.07, 6.45) is 5.95. The van der Waals surface area contributed by atoms with Crippen molar-refractivity contribution in [2.24, 2.45) is 5.92 Å². The number of benzene rings is 2. The lowest BCUT2D eigenvalue weighted by atomic mass is 9.88. The number of carbonyl (C=O) groups is 1. The van der Waals surface area contributed by atoms with Crippen molar-refractivity contribution in [3.63, 3.8) is 0 Å². The topological polar surface area (TPSA) is 100 Å². The maximum absolute atomic E-state index is 12.4. The molecule has 0 unspecified atom stereocenters. The van der Waals surface area contributed by atoms with Gasteiger partial charge in [0.05, 0.1) is 18.0 Å². The minimum atomic E-state index is -4.74. The smallest absolute Gasteiger partial charge is 0.406 e. The van der Waals surface area contributed by atoms with E-state index in [2.05, 4.69) is 26.1 Å². The number of ether oxygens (including phenoxy) is 1. The summed E-state index contributed by atoms with van der Waals surface area (Å²) in [6.45, 7) is 1.56. The van der Waals surface area contributed by atoms with Gasteiger partial charge in [0, 0.05) is 64.8 Å². The first-order valence-electron chi connectivity index (χ1n) is 14.5. The molecule has 1 N–H and O–H groups in total. The average Bonchev–Trinajstić information content (AvgIpc) is 3.60. The lowest BCUT2D eigenvalue weighted by Crippen LogP contribution is -2.40. The van der Waals surface area contributed by atoms with E-state index in [4.69, 9.17) is 5.26 Å². The number of halogens is 3. The van der Waals surface area contributed by atoms with Crippen molar-refractivity contribution in [2.45, 2.75) is 56.8 Å². The molecule has 0 bridgehead atoms. The Morgan fingerprint density at radius 2 is 1.72 bits per heavy atom. The first-order valence-corrected chi connectivity index (χ1v) is 16.0. The van der Waals surface area contributed by atoms with E-state index in [9.17, 15) is 22.2 Å². The zero-order valence-corrected chi connectivity index (χ0v) is 24.5. The Morgan fingerprint density at radius 3 is 2.35 bits per heavy atom. The van der Waals surface area contributed by atoms with Crippen LogP contribution in [-0.2, 0) is 15.6 Å². The molecule has 6 rings (SSSR count). The van der Waals surface area contributed by atoms with Gasteiger partial charge in [0.1, 0.15) is 11.3 Å². The van der Waals surface area contributed by atoms with E-state index in [-0.39, 0.29) is 17.6 Å². The average molecular weight is 614 g/mol. The fourth-order valence-corrected chi connectivity index (χ4v) is 6.34. The number of alkyl halides is 3. The second-order valence-corrected chi connectivity index (χ2v) is 12.8. The lowest BCUT2D eigenvalue weighted by molar-refractivity contribution is -0.274. The number of nitrogens with one attached hydrogen (secondary N) is 1. The maximum atomic E-state index is 12.4. The van der Waals surface area contributed by atoms with E-state index in [1.54, 1.807) is 18.5 Å². The number of rotatable bonds is 6. The molecule has 1 aromatic heterocycles. The van der Waals surface area contributed by atoms with E-state index in [1.807, 2.05) is 24.3 Å². The molecule has 8 nitrogen and oxygen atoms in total. The third-order valence-electron chi connectivity index (χ3n) is 7.94. The van der Waals surface area contributed by atoms with Crippen LogP contribution in [-0.4, -0.2) is 56.4 Å². The van der Waals surface area contributed by atoms with Gasteiger partial charge in [0.15, 0.2) is 0 Å². The standard InChI is InChI=1S/C20H18F3N3O2S.C11H16N2O/c21-20(22,23)28-19-3-1-2-18(12-19)26-14-16(13-24-26)15-4-6-17(7-5-15)25-8-10-29(27)11-9-25;12-8-11(6-7-11)13-10(14)9-4-2-1-3-5-9/h1-7,12-14H,8-11H2;9H,1-7H2,(H,13,14). The molecule has 0 atom stereocenters. The maximum Gasteiger partial charge on any atom is 0.573 e. The summed E-state index contributed by atoms with van der Waals surface area (Å²) in [7, 11) is -0.716. The molecular weight excluding hydrogens is 579 g/mol. The molecule has 0 spiro atoms. The van der Waals surface area contributed by atoms with Crippen LogP contribution >= 0.6 is 0 Å². The predicted octanol–water partition coefficient (Wildman–Crippen LogP) is 5.75. The van der Waals surface area contributed by atoms with Crippen molar-refractivity contribution in [3.8, 4) is 28.6 Å². The Hall–Kier alpha value is -3.85. The van der Waals surface area contributed by atoms with E-state index in [1.165, 1.54) is 29.3 Å². The highest BCUT2D eigenvalue weighted by Crippen LogP contribution is 2.35. The van der Waals surface area contributed by atoms with Crippen LogP contribution in [0.2, 0.25) is 0 Å². The Bertz CT molecular complexity index is 1460. The third kappa shape index (κ3) is 8.38. The van der Waals surface area contributed by atoms with Gasteiger partial charge in [0.25, 0.3) is 0 Å². The third-order valence-corrected chi connectivity index (χ3v) is 9.22. The van der Waals surface area contributed by atoms with Crippen LogP contribution in [0.25, 0.3) is 16.8 Å². The summed E-state index contributed by atoms with van der Waals surface area (Å²) < 4.78 is 54.2. The quantitative estimate of drug-likeness (QED) is 0.380. The molecule has 3 fully saturated rings. The van der Waals surface area contributed by atoms with Gasteiger partial charge < -0.3 is 15.0 Å². The predicted molar refractivity (Wildman–Crippen MR) is 158 cm³/mol. The van der Waals surface area contributed by atoms with Gasteiger partial charge in [-0.3, -0.25) is 9.00 Å². The molecule has 2 aliphatic carbocycles. The number of anilines is 1. The fraction of sp³-hybridized carbons (Fsp3) is 0.452. The molecule has 3 aliphatic rings. The summed E-state index contributed by atoms with van der Waals surface area (Å²) in [4.78, 5) is 14.0. The molecule has 12 heteroatoms. The Morgan fingerprint density at radius 1 is 1.02 bits per heavy atom. The molecule has 0 radical (unpaired) electrons. The van der Waals surface area contributed by atoms with Crippen LogP contribution in [0, 0.1) is 17.2 Å². The number of carbonyl (C=O) groups excluding carboxylic acids is 1. The molecular formula is C31H34F3N5O3S. The minimum Gasteiger partial charge on any atom is -0.406 e. The molecule has 2 heterocycles. The van der Waals surface area contributed by atoms with Crippen molar-refractivity contribution in [2.75, 3.05) is 29.5 Å². The first kappa shape index (κ1) is 30.6. The van der Waals surface area contributed by atoms with E-state index >= 15 is 0 Å². The zero-order valence-electron chi connectivity index (χ0n) is 23.7. The largest absolute Gasteiger partial charge is 0.573 e. The van der Waals surface area contributed by atoms with E-state index < -0.39 is 22.7 Å². The number of hydrogen-bond acceptors (Lipinski definition) is 6. The summed E-state index contributed by atoms with van der Waals surface area (Å²) in [5.74, 6) is 1.37. The highest BCUT2D eigenvalue weighted by Gasteiger charge is 2.45. The molecule has 1 amide bonds. The van der Waals surface area contributed by atoms with Crippen molar-refractivity contribution in [3.05, 3.63) is 60.9 Å². The van der Waals surface area contributed by atoms with Gasteiger partial charge in [-0.2, -0.15) is 10.4 Å². The van der Waals surface area contributed by atoms with Gasteiger partial charge in [-0.05, 0) is 55.5 Å². The van der Waals surface area contributed by atoms with Crippen LogP contribution in [0.4, 0.5) is 18.9 Å². The fourth-order valence-electron chi connectivity index (χ4n) is 5.29. The Labute approximate surface area is 251 Å². The molecule has 1 saturated heterocycles. The summed E-state index contributed by atoms with van der Waals surface area (Å²) in [5, 5.41) is 16.0. The Kier molecular flexibility index (Phi) is 9.40. The van der Waals surface area contributed by atoms with Crippen molar-refractivity contribution < 1.29 is 26.9 Å². The molecule has 228 valence electrons. The zero-order chi connectivity index (χ0) is 30.5. The molecule has 3 aromatic rings. The van der Waals surface area contributed by atoms with Crippen LogP contribution in [0.5, 0.6) is 5.75 Å². The second-order valence-electron chi connectivity index (χ2n) is 11.1. The summed E-state index contributed by atoms with van der Waals surface area (Å²) in [5.41, 5.74) is 2.86.